The molecule has 1 aliphatic heterocycles. The van der Waals surface area contributed by atoms with Crippen molar-refractivity contribution in [3.05, 3.63) is 0 Å². The van der Waals surface area contributed by atoms with Gasteiger partial charge in [-0.2, -0.15) is 0 Å². The maximum absolute atomic E-state index is 3.27. The highest BCUT2D eigenvalue weighted by Gasteiger charge is 2.01. The Bertz CT molecular complexity index is 93.1. The van der Waals surface area contributed by atoms with Crippen molar-refractivity contribution in [1.29, 1.82) is 0 Å². The van der Waals surface area contributed by atoms with E-state index in [4.69, 9.17) is 0 Å². The van der Waals surface area contributed by atoms with Crippen molar-refractivity contribution in [2.45, 2.75) is 38.5 Å². The van der Waals surface area contributed by atoms with Crippen molar-refractivity contribution in [3.8, 4) is 0 Å². The van der Waals surface area contributed by atoms with Crippen LogP contribution in [0.1, 0.15) is 38.5 Å². The summed E-state index contributed by atoms with van der Waals surface area (Å²) in [5.74, 6) is 0. The fourth-order valence-corrected chi connectivity index (χ4v) is 1.84. The van der Waals surface area contributed by atoms with Crippen LogP contribution >= 0.6 is 0 Å². The lowest BCUT2D eigenvalue weighted by molar-refractivity contribution is 0.291. The third kappa shape index (κ3) is 6.05. The fourth-order valence-electron chi connectivity index (χ4n) is 1.84. The number of likely N-dealkylation sites (N-methyl/N-ethyl adjacent to an activating group) is 1. The summed E-state index contributed by atoms with van der Waals surface area (Å²) >= 11 is 0. The zero-order chi connectivity index (χ0) is 9.36. The summed E-state index contributed by atoms with van der Waals surface area (Å²) in [4.78, 5) is 2.33. The van der Waals surface area contributed by atoms with Gasteiger partial charge in [0.2, 0.25) is 0 Å². The number of rotatable bonds is 0. The first kappa shape index (κ1) is 11.0. The van der Waals surface area contributed by atoms with Gasteiger partial charge in [-0.05, 0) is 7.05 Å². The fraction of sp³-hybridized carbons (Fsp3) is 1.00. The Balaban J connectivity index is 0.000000132. The molecule has 0 spiro atoms. The first-order valence-electron chi connectivity index (χ1n) is 5.79. The van der Waals surface area contributed by atoms with E-state index in [-0.39, 0.29) is 0 Å². The van der Waals surface area contributed by atoms with Gasteiger partial charge in [-0.1, -0.05) is 38.5 Å². The van der Waals surface area contributed by atoms with Crippen LogP contribution in [-0.2, 0) is 0 Å². The first-order valence-corrected chi connectivity index (χ1v) is 5.79. The minimum Gasteiger partial charge on any atom is -0.314 e. The van der Waals surface area contributed by atoms with Gasteiger partial charge in [0, 0.05) is 26.2 Å². The Labute approximate surface area is 82.7 Å². The molecule has 0 radical (unpaired) electrons. The highest BCUT2D eigenvalue weighted by molar-refractivity contribution is 4.62. The van der Waals surface area contributed by atoms with E-state index in [1.54, 1.807) is 0 Å². The molecule has 2 aliphatic rings. The van der Waals surface area contributed by atoms with Gasteiger partial charge in [0.25, 0.3) is 0 Å². The van der Waals surface area contributed by atoms with E-state index in [2.05, 4.69) is 17.3 Å². The standard InChI is InChI=1S/C6H12.C5H12N2/c1-2-4-6-5-3-1;1-7-4-2-6-3-5-7/h1-6H2;6H,2-5H2,1H3. The number of nitrogens with zero attached hydrogens (tertiary/aromatic N) is 1. The maximum Gasteiger partial charge on any atom is 0.0104 e. The quantitative estimate of drug-likeness (QED) is 0.618. The monoisotopic (exact) mass is 184 g/mol. The largest absolute Gasteiger partial charge is 0.314 e. The topological polar surface area (TPSA) is 15.3 Å². The summed E-state index contributed by atoms with van der Waals surface area (Å²) in [6, 6.07) is 0. The van der Waals surface area contributed by atoms with Gasteiger partial charge in [0.15, 0.2) is 0 Å². The van der Waals surface area contributed by atoms with Crippen LogP contribution in [-0.4, -0.2) is 38.1 Å². The summed E-state index contributed by atoms with van der Waals surface area (Å²) in [6.45, 7) is 4.74. The highest BCUT2D eigenvalue weighted by Crippen LogP contribution is 2.15. The van der Waals surface area contributed by atoms with Gasteiger partial charge < -0.3 is 10.2 Å². The molecular weight excluding hydrogens is 160 g/mol. The van der Waals surface area contributed by atoms with Gasteiger partial charge in [0.1, 0.15) is 0 Å². The van der Waals surface area contributed by atoms with E-state index >= 15 is 0 Å². The second-order valence-corrected chi connectivity index (χ2v) is 4.17. The van der Waals surface area contributed by atoms with E-state index < -0.39 is 0 Å². The molecular formula is C11H24N2. The molecule has 2 fully saturated rings. The molecule has 0 aromatic rings. The van der Waals surface area contributed by atoms with Gasteiger partial charge in [0.05, 0.1) is 0 Å². The SMILES string of the molecule is C1CCCCC1.CN1CCNCC1. The minimum absolute atomic E-state index is 1.16. The summed E-state index contributed by atoms with van der Waals surface area (Å²) < 4.78 is 0. The molecule has 0 aromatic heterocycles. The zero-order valence-electron chi connectivity index (χ0n) is 9.02. The normalized spacial score (nSPS) is 24.7. The average Bonchev–Trinajstić information content (AvgIpc) is 2.22. The lowest BCUT2D eigenvalue weighted by atomic mass is 10.0. The highest BCUT2D eigenvalue weighted by atomic mass is 15.2. The third-order valence-electron chi connectivity index (χ3n) is 2.84. The molecule has 0 unspecified atom stereocenters. The van der Waals surface area contributed by atoms with Gasteiger partial charge in [-0.15, -0.1) is 0 Å². The van der Waals surface area contributed by atoms with Crippen molar-refractivity contribution in [3.63, 3.8) is 0 Å². The molecule has 1 aliphatic carbocycles. The van der Waals surface area contributed by atoms with Crippen LogP contribution in [0.5, 0.6) is 0 Å². The van der Waals surface area contributed by atoms with Gasteiger partial charge >= 0.3 is 0 Å². The molecule has 13 heavy (non-hydrogen) atoms. The Morgan fingerprint density at radius 2 is 1.15 bits per heavy atom. The van der Waals surface area contributed by atoms with E-state index in [1.807, 2.05) is 0 Å². The average molecular weight is 184 g/mol. The maximum atomic E-state index is 3.27. The summed E-state index contributed by atoms with van der Waals surface area (Å²) in [5, 5.41) is 3.27. The Morgan fingerprint density at radius 1 is 0.769 bits per heavy atom. The van der Waals surface area contributed by atoms with Gasteiger partial charge in [-0.25, -0.2) is 0 Å². The van der Waals surface area contributed by atoms with Crippen LogP contribution in [0.3, 0.4) is 0 Å². The Hall–Kier alpha value is -0.0800. The molecule has 0 amide bonds. The molecule has 1 saturated carbocycles. The number of piperazine rings is 1. The first-order chi connectivity index (χ1) is 6.39. The molecule has 1 heterocycles. The van der Waals surface area contributed by atoms with Gasteiger partial charge in [-0.3, -0.25) is 0 Å². The van der Waals surface area contributed by atoms with E-state index in [1.165, 1.54) is 51.6 Å². The summed E-state index contributed by atoms with van der Waals surface area (Å²) in [7, 11) is 2.15. The van der Waals surface area contributed by atoms with Crippen molar-refractivity contribution < 1.29 is 0 Å². The Morgan fingerprint density at radius 3 is 1.38 bits per heavy atom. The third-order valence-corrected chi connectivity index (χ3v) is 2.84. The van der Waals surface area contributed by atoms with Crippen LogP contribution in [0.25, 0.3) is 0 Å². The molecule has 1 N–H and O–H groups in total. The van der Waals surface area contributed by atoms with Crippen molar-refractivity contribution in [2.75, 3.05) is 33.2 Å². The second kappa shape index (κ2) is 7.34. The Kier molecular flexibility index (Phi) is 6.21. The van der Waals surface area contributed by atoms with Crippen molar-refractivity contribution in [1.82, 2.24) is 10.2 Å². The number of hydrogen-bond acceptors (Lipinski definition) is 2. The minimum atomic E-state index is 1.16. The molecule has 0 bridgehead atoms. The lowest BCUT2D eigenvalue weighted by Crippen LogP contribution is -2.40. The number of nitrogens with one attached hydrogen (secondary N) is 1. The molecule has 2 heteroatoms. The lowest BCUT2D eigenvalue weighted by Gasteiger charge is -2.21. The van der Waals surface area contributed by atoms with E-state index in [0.717, 1.165) is 13.1 Å². The van der Waals surface area contributed by atoms with Crippen LogP contribution in [0, 0.1) is 0 Å². The van der Waals surface area contributed by atoms with Crippen LogP contribution in [0.2, 0.25) is 0 Å². The second-order valence-electron chi connectivity index (χ2n) is 4.17. The molecule has 1 saturated heterocycles. The summed E-state index contributed by atoms with van der Waals surface area (Å²) in [6.07, 6.45) is 9.00. The molecule has 78 valence electrons. The predicted octanol–water partition coefficient (Wildman–Crippen LogP) is 1.86. The van der Waals surface area contributed by atoms with Crippen LogP contribution < -0.4 is 5.32 Å². The smallest absolute Gasteiger partial charge is 0.0104 e. The molecule has 2 rings (SSSR count). The van der Waals surface area contributed by atoms with Crippen molar-refractivity contribution >= 4 is 0 Å². The predicted molar refractivity (Wildman–Crippen MR) is 58.1 cm³/mol. The van der Waals surface area contributed by atoms with E-state index in [9.17, 15) is 0 Å². The van der Waals surface area contributed by atoms with Crippen molar-refractivity contribution in [2.24, 2.45) is 0 Å². The zero-order valence-corrected chi connectivity index (χ0v) is 9.02. The number of hydrogen-bond donors (Lipinski definition) is 1. The van der Waals surface area contributed by atoms with Crippen LogP contribution in [0.15, 0.2) is 0 Å². The molecule has 0 aromatic carbocycles. The summed E-state index contributed by atoms with van der Waals surface area (Å²) in [5.41, 5.74) is 0. The molecule has 2 nitrogen and oxygen atoms in total. The van der Waals surface area contributed by atoms with Crippen LogP contribution in [0.4, 0.5) is 0 Å². The molecule has 0 atom stereocenters. The van der Waals surface area contributed by atoms with E-state index in [0.29, 0.717) is 0 Å².